The van der Waals surface area contributed by atoms with Gasteiger partial charge in [-0.25, -0.2) is 0 Å². The lowest BCUT2D eigenvalue weighted by Crippen LogP contribution is -2.19. The van der Waals surface area contributed by atoms with Gasteiger partial charge in [-0.1, -0.05) is 25.2 Å². The Hall–Kier alpha value is -0.640. The summed E-state index contributed by atoms with van der Waals surface area (Å²) < 4.78 is 27.0. The Kier molecular flexibility index (Phi) is 13.5. The lowest BCUT2D eigenvalue weighted by atomic mass is 9.98. The zero-order valence-electron chi connectivity index (χ0n) is 13.6. The maximum absolute atomic E-state index is 5.77. The zero-order chi connectivity index (χ0) is 15.7. The van der Waals surface area contributed by atoms with Crippen LogP contribution in [0.3, 0.4) is 0 Å². The molecule has 1 saturated carbocycles. The van der Waals surface area contributed by atoms with Crippen LogP contribution in [0.1, 0.15) is 32.1 Å². The van der Waals surface area contributed by atoms with Gasteiger partial charge in [-0.05, 0) is 12.8 Å². The van der Waals surface area contributed by atoms with E-state index in [0.29, 0.717) is 65.6 Å². The Morgan fingerprint density at radius 3 is 1.73 bits per heavy atom. The molecule has 1 aliphatic rings. The third-order valence-electron chi connectivity index (χ3n) is 3.43. The lowest BCUT2D eigenvalue weighted by molar-refractivity contribution is -0.0289. The van der Waals surface area contributed by atoms with Gasteiger partial charge in [-0.2, -0.15) is 0 Å². The second kappa shape index (κ2) is 15.3. The molecule has 0 amide bonds. The molecular formula is C17H30O5. The van der Waals surface area contributed by atoms with Gasteiger partial charge in [-0.15, -0.1) is 6.42 Å². The van der Waals surface area contributed by atoms with Crippen LogP contribution in [0, 0.1) is 12.3 Å². The number of ether oxygens (including phenoxy) is 5. The molecule has 5 nitrogen and oxygen atoms in total. The minimum atomic E-state index is 0.335. The van der Waals surface area contributed by atoms with Crippen LogP contribution in [-0.4, -0.2) is 65.6 Å². The molecule has 22 heavy (non-hydrogen) atoms. The van der Waals surface area contributed by atoms with Crippen LogP contribution in [-0.2, 0) is 23.7 Å². The molecule has 0 N–H and O–H groups in total. The minimum Gasteiger partial charge on any atom is -0.377 e. The van der Waals surface area contributed by atoms with Crippen LogP contribution >= 0.6 is 0 Å². The van der Waals surface area contributed by atoms with Gasteiger partial charge in [0.05, 0.1) is 59.0 Å². The second-order valence-corrected chi connectivity index (χ2v) is 5.22. The fraction of sp³-hybridized carbons (Fsp3) is 0.882. The van der Waals surface area contributed by atoms with Crippen molar-refractivity contribution in [2.45, 2.75) is 38.2 Å². The number of hydrogen-bond acceptors (Lipinski definition) is 5. The molecular weight excluding hydrogens is 284 g/mol. The first-order valence-electron chi connectivity index (χ1n) is 8.29. The van der Waals surface area contributed by atoms with Gasteiger partial charge >= 0.3 is 0 Å². The summed E-state index contributed by atoms with van der Waals surface area (Å²) in [5.74, 6) is 2.40. The molecule has 128 valence electrons. The molecule has 0 heterocycles. The van der Waals surface area contributed by atoms with Crippen molar-refractivity contribution in [2.24, 2.45) is 0 Å². The normalized spacial score (nSPS) is 15.8. The standard InChI is InChI=1S/C17H30O5/c1-2-8-18-9-10-19-11-12-20-13-14-21-15-16-22-17-6-4-3-5-7-17/h1,17H,3-16H2. The highest BCUT2D eigenvalue weighted by Gasteiger charge is 2.12. The van der Waals surface area contributed by atoms with Gasteiger partial charge < -0.3 is 23.7 Å². The van der Waals surface area contributed by atoms with Gasteiger partial charge in [0.15, 0.2) is 0 Å². The molecule has 1 fully saturated rings. The van der Waals surface area contributed by atoms with Crippen LogP contribution in [0.5, 0.6) is 0 Å². The van der Waals surface area contributed by atoms with Crippen LogP contribution in [0.15, 0.2) is 0 Å². The summed E-state index contributed by atoms with van der Waals surface area (Å²) in [5.41, 5.74) is 0. The van der Waals surface area contributed by atoms with Gasteiger partial charge in [0, 0.05) is 0 Å². The molecule has 0 aromatic heterocycles. The first-order valence-corrected chi connectivity index (χ1v) is 8.29. The predicted molar refractivity (Wildman–Crippen MR) is 84.9 cm³/mol. The predicted octanol–water partition coefficient (Wildman–Crippen LogP) is 2.04. The molecule has 0 aromatic carbocycles. The van der Waals surface area contributed by atoms with Crippen molar-refractivity contribution in [3.63, 3.8) is 0 Å². The summed E-state index contributed by atoms with van der Waals surface area (Å²) >= 11 is 0. The number of terminal acetylenes is 1. The third-order valence-corrected chi connectivity index (χ3v) is 3.43. The SMILES string of the molecule is C#CCOCCOCCOCCOCCOC1CCCCC1. The first-order chi connectivity index (χ1) is 10.9. The summed E-state index contributed by atoms with van der Waals surface area (Å²) in [6.07, 6.45) is 11.9. The van der Waals surface area contributed by atoms with E-state index in [1.54, 1.807) is 0 Å². The average molecular weight is 314 g/mol. The molecule has 0 unspecified atom stereocenters. The van der Waals surface area contributed by atoms with Crippen LogP contribution in [0.2, 0.25) is 0 Å². The molecule has 0 spiro atoms. The Bertz CT molecular complexity index is 271. The molecule has 1 aliphatic carbocycles. The number of hydrogen-bond donors (Lipinski definition) is 0. The van der Waals surface area contributed by atoms with Crippen LogP contribution in [0.25, 0.3) is 0 Å². The topological polar surface area (TPSA) is 46.2 Å². The van der Waals surface area contributed by atoms with Crippen LogP contribution in [0.4, 0.5) is 0 Å². The highest BCUT2D eigenvalue weighted by molar-refractivity contribution is 4.82. The van der Waals surface area contributed by atoms with E-state index < -0.39 is 0 Å². The van der Waals surface area contributed by atoms with E-state index in [9.17, 15) is 0 Å². The van der Waals surface area contributed by atoms with E-state index in [2.05, 4.69) is 5.92 Å². The summed E-state index contributed by atoms with van der Waals surface area (Å²) in [5, 5.41) is 0. The number of rotatable bonds is 14. The van der Waals surface area contributed by atoms with Crippen molar-refractivity contribution in [3.8, 4) is 12.3 Å². The van der Waals surface area contributed by atoms with Crippen molar-refractivity contribution in [1.29, 1.82) is 0 Å². The molecule has 0 atom stereocenters. The van der Waals surface area contributed by atoms with E-state index >= 15 is 0 Å². The van der Waals surface area contributed by atoms with E-state index in [0.717, 1.165) is 0 Å². The summed E-state index contributed by atoms with van der Waals surface area (Å²) in [6.45, 7) is 5.03. The van der Waals surface area contributed by atoms with E-state index in [-0.39, 0.29) is 0 Å². The highest BCUT2D eigenvalue weighted by atomic mass is 16.6. The van der Waals surface area contributed by atoms with E-state index in [1.165, 1.54) is 32.1 Å². The minimum absolute atomic E-state index is 0.335. The third kappa shape index (κ3) is 12.0. The fourth-order valence-electron chi connectivity index (χ4n) is 2.30. The Labute approximate surface area is 134 Å². The molecule has 5 heteroatoms. The van der Waals surface area contributed by atoms with Crippen molar-refractivity contribution in [2.75, 3.05) is 59.5 Å². The average Bonchev–Trinajstić information content (AvgIpc) is 2.56. The monoisotopic (exact) mass is 314 g/mol. The van der Waals surface area contributed by atoms with Gasteiger partial charge in [0.2, 0.25) is 0 Å². The Balaban J connectivity index is 1.68. The zero-order valence-corrected chi connectivity index (χ0v) is 13.6. The van der Waals surface area contributed by atoms with Crippen molar-refractivity contribution in [1.82, 2.24) is 0 Å². The van der Waals surface area contributed by atoms with Gasteiger partial charge in [-0.3, -0.25) is 0 Å². The molecule has 0 radical (unpaired) electrons. The summed E-state index contributed by atoms with van der Waals surface area (Å²) in [4.78, 5) is 0. The van der Waals surface area contributed by atoms with Crippen molar-refractivity contribution in [3.05, 3.63) is 0 Å². The second-order valence-electron chi connectivity index (χ2n) is 5.22. The first kappa shape index (κ1) is 19.4. The maximum atomic E-state index is 5.77. The Morgan fingerprint density at radius 1 is 0.682 bits per heavy atom. The van der Waals surface area contributed by atoms with E-state index in [1.807, 2.05) is 0 Å². The highest BCUT2D eigenvalue weighted by Crippen LogP contribution is 2.19. The molecule has 1 rings (SSSR count). The largest absolute Gasteiger partial charge is 0.377 e. The van der Waals surface area contributed by atoms with Crippen LogP contribution < -0.4 is 0 Å². The van der Waals surface area contributed by atoms with Gasteiger partial charge in [0.1, 0.15) is 6.61 Å². The lowest BCUT2D eigenvalue weighted by Gasteiger charge is -2.21. The quantitative estimate of drug-likeness (QED) is 0.363. The van der Waals surface area contributed by atoms with Gasteiger partial charge in [0.25, 0.3) is 0 Å². The Morgan fingerprint density at radius 2 is 1.18 bits per heavy atom. The molecule has 0 aromatic rings. The fourth-order valence-corrected chi connectivity index (χ4v) is 2.30. The molecule has 0 saturated heterocycles. The smallest absolute Gasteiger partial charge is 0.107 e. The van der Waals surface area contributed by atoms with Crippen molar-refractivity contribution >= 4 is 0 Å². The molecule has 0 aliphatic heterocycles. The summed E-state index contributed by atoms with van der Waals surface area (Å²) in [7, 11) is 0. The summed E-state index contributed by atoms with van der Waals surface area (Å²) in [6, 6.07) is 0. The molecule has 0 bridgehead atoms. The van der Waals surface area contributed by atoms with Crippen molar-refractivity contribution < 1.29 is 23.7 Å². The van der Waals surface area contributed by atoms with E-state index in [4.69, 9.17) is 30.1 Å². The maximum Gasteiger partial charge on any atom is 0.107 e.